The Kier molecular flexibility index (Phi) is 3.71. The predicted molar refractivity (Wildman–Crippen MR) is 48.2 cm³/mol. The SMILES string of the molecule is NCc1cc(N)c(C(F)F)nc1OC(F)(F)F. The van der Waals surface area contributed by atoms with Gasteiger partial charge in [-0.25, -0.2) is 13.8 Å². The first-order chi connectivity index (χ1) is 7.74. The summed E-state index contributed by atoms with van der Waals surface area (Å²) in [6, 6.07) is 0.884. The molecule has 0 fully saturated rings. The average Bonchev–Trinajstić information content (AvgIpc) is 2.17. The smallest absolute Gasteiger partial charge is 0.397 e. The quantitative estimate of drug-likeness (QED) is 0.812. The number of hydrogen-bond acceptors (Lipinski definition) is 4. The van der Waals surface area contributed by atoms with Gasteiger partial charge in [-0.2, -0.15) is 0 Å². The maximum absolute atomic E-state index is 12.4. The van der Waals surface area contributed by atoms with Gasteiger partial charge in [0.2, 0.25) is 5.88 Å². The minimum absolute atomic E-state index is 0.204. The Hall–Kier alpha value is -1.64. The van der Waals surface area contributed by atoms with Gasteiger partial charge < -0.3 is 16.2 Å². The van der Waals surface area contributed by atoms with E-state index in [1.807, 2.05) is 0 Å². The molecule has 0 aromatic carbocycles. The number of nitrogen functional groups attached to an aromatic ring is 1. The molecule has 4 N–H and O–H groups in total. The molecular formula is C8H8F5N3O. The van der Waals surface area contributed by atoms with Crippen molar-refractivity contribution in [2.75, 3.05) is 5.73 Å². The van der Waals surface area contributed by atoms with Crippen molar-refractivity contribution in [3.05, 3.63) is 17.3 Å². The fourth-order valence-corrected chi connectivity index (χ4v) is 1.09. The van der Waals surface area contributed by atoms with Gasteiger partial charge in [-0.05, 0) is 6.07 Å². The topological polar surface area (TPSA) is 74.2 Å². The van der Waals surface area contributed by atoms with Crippen LogP contribution in [0.3, 0.4) is 0 Å². The second-order valence-corrected chi connectivity index (χ2v) is 2.98. The number of alkyl halides is 5. The minimum Gasteiger partial charge on any atom is -0.397 e. The van der Waals surface area contributed by atoms with Gasteiger partial charge in [-0.1, -0.05) is 0 Å². The minimum atomic E-state index is -5.04. The summed E-state index contributed by atoms with van der Waals surface area (Å²) >= 11 is 0. The highest BCUT2D eigenvalue weighted by atomic mass is 19.4. The van der Waals surface area contributed by atoms with E-state index >= 15 is 0 Å². The Balaban J connectivity index is 3.22. The third kappa shape index (κ3) is 3.41. The highest BCUT2D eigenvalue weighted by Crippen LogP contribution is 2.31. The molecule has 17 heavy (non-hydrogen) atoms. The summed E-state index contributed by atoms with van der Waals surface area (Å²) in [5.74, 6) is -1.01. The predicted octanol–water partition coefficient (Wildman–Crippen LogP) is 1.96. The molecule has 0 bridgehead atoms. The highest BCUT2D eigenvalue weighted by molar-refractivity contribution is 5.49. The monoisotopic (exact) mass is 257 g/mol. The first-order valence-electron chi connectivity index (χ1n) is 4.28. The molecule has 0 atom stereocenters. The Bertz CT molecular complexity index is 407. The second-order valence-electron chi connectivity index (χ2n) is 2.98. The zero-order valence-corrected chi connectivity index (χ0v) is 8.26. The van der Waals surface area contributed by atoms with Crippen molar-refractivity contribution in [1.82, 2.24) is 4.98 Å². The van der Waals surface area contributed by atoms with E-state index in [-0.39, 0.29) is 12.1 Å². The summed E-state index contributed by atoms with van der Waals surface area (Å²) in [6.45, 7) is -0.369. The van der Waals surface area contributed by atoms with Crippen LogP contribution in [-0.4, -0.2) is 11.3 Å². The van der Waals surface area contributed by atoms with Crippen LogP contribution in [0.15, 0.2) is 6.07 Å². The Morgan fingerprint density at radius 3 is 2.35 bits per heavy atom. The molecule has 0 aliphatic rings. The van der Waals surface area contributed by atoms with Crippen molar-refractivity contribution >= 4 is 5.69 Å². The molecule has 1 heterocycles. The maximum Gasteiger partial charge on any atom is 0.574 e. The lowest BCUT2D eigenvalue weighted by Gasteiger charge is -2.14. The molecule has 0 saturated carbocycles. The number of pyridine rings is 1. The third-order valence-electron chi connectivity index (χ3n) is 1.76. The van der Waals surface area contributed by atoms with Crippen molar-refractivity contribution in [2.24, 2.45) is 5.73 Å². The maximum atomic E-state index is 12.4. The van der Waals surface area contributed by atoms with Crippen molar-refractivity contribution in [3.63, 3.8) is 0 Å². The van der Waals surface area contributed by atoms with Crippen LogP contribution in [0, 0.1) is 0 Å². The summed E-state index contributed by atoms with van der Waals surface area (Å²) in [6.07, 6.45) is -8.13. The van der Waals surface area contributed by atoms with Crippen molar-refractivity contribution < 1.29 is 26.7 Å². The molecule has 0 radical (unpaired) electrons. The summed E-state index contributed by atoms with van der Waals surface area (Å²) in [5, 5.41) is 0. The fraction of sp³-hybridized carbons (Fsp3) is 0.375. The molecule has 96 valence electrons. The number of aromatic nitrogens is 1. The van der Waals surface area contributed by atoms with Gasteiger partial charge in [0.15, 0.2) is 0 Å². The summed E-state index contributed by atoms with van der Waals surface area (Å²) < 4.78 is 64.1. The molecule has 4 nitrogen and oxygen atoms in total. The zero-order valence-electron chi connectivity index (χ0n) is 8.26. The number of nitrogens with two attached hydrogens (primary N) is 2. The van der Waals surface area contributed by atoms with Crippen molar-refractivity contribution in [2.45, 2.75) is 19.3 Å². The van der Waals surface area contributed by atoms with Gasteiger partial charge in [-0.15, -0.1) is 13.2 Å². The van der Waals surface area contributed by atoms with Crippen LogP contribution in [0.5, 0.6) is 5.88 Å². The first-order valence-corrected chi connectivity index (χ1v) is 4.28. The van der Waals surface area contributed by atoms with Gasteiger partial charge >= 0.3 is 6.36 Å². The van der Waals surface area contributed by atoms with Crippen LogP contribution in [0.1, 0.15) is 17.7 Å². The van der Waals surface area contributed by atoms with Gasteiger partial charge in [-0.3, -0.25) is 0 Å². The molecule has 0 aliphatic carbocycles. The van der Waals surface area contributed by atoms with Crippen LogP contribution in [-0.2, 0) is 6.54 Å². The molecule has 0 aliphatic heterocycles. The van der Waals surface area contributed by atoms with Crippen LogP contribution in [0.25, 0.3) is 0 Å². The number of halogens is 5. The number of rotatable bonds is 3. The van der Waals surface area contributed by atoms with Gasteiger partial charge in [0.25, 0.3) is 6.43 Å². The van der Waals surface area contributed by atoms with E-state index in [0.29, 0.717) is 0 Å². The Morgan fingerprint density at radius 2 is 1.94 bits per heavy atom. The molecule has 0 spiro atoms. The molecule has 0 unspecified atom stereocenters. The van der Waals surface area contributed by atoms with E-state index in [1.165, 1.54) is 0 Å². The molecule has 1 aromatic rings. The van der Waals surface area contributed by atoms with Gasteiger partial charge in [0.1, 0.15) is 5.69 Å². The largest absolute Gasteiger partial charge is 0.574 e. The van der Waals surface area contributed by atoms with Crippen molar-refractivity contribution in [1.29, 1.82) is 0 Å². The highest BCUT2D eigenvalue weighted by Gasteiger charge is 2.33. The molecular weight excluding hydrogens is 249 g/mol. The van der Waals surface area contributed by atoms with E-state index in [0.717, 1.165) is 6.07 Å². The van der Waals surface area contributed by atoms with Crippen LogP contribution < -0.4 is 16.2 Å². The second kappa shape index (κ2) is 4.70. The van der Waals surface area contributed by atoms with E-state index < -0.39 is 30.0 Å². The standard InChI is InChI=1S/C8H8F5N3O/c9-6(10)5-4(15)1-3(2-14)7(16-5)17-8(11,12)13/h1,6H,2,14-15H2. The molecule has 1 aromatic heterocycles. The van der Waals surface area contributed by atoms with E-state index in [2.05, 4.69) is 9.72 Å². The zero-order chi connectivity index (χ0) is 13.2. The van der Waals surface area contributed by atoms with Crippen LogP contribution in [0.4, 0.5) is 27.6 Å². The van der Waals surface area contributed by atoms with Gasteiger partial charge in [0, 0.05) is 12.1 Å². The summed E-state index contributed by atoms with van der Waals surface area (Å²) in [4.78, 5) is 3.03. The average molecular weight is 257 g/mol. The number of ether oxygens (including phenoxy) is 1. The lowest BCUT2D eigenvalue weighted by Crippen LogP contribution is -2.20. The van der Waals surface area contributed by atoms with Gasteiger partial charge in [0.05, 0.1) is 5.69 Å². The lowest BCUT2D eigenvalue weighted by molar-refractivity contribution is -0.276. The number of anilines is 1. The normalized spacial score (nSPS) is 11.9. The summed E-state index contributed by atoms with van der Waals surface area (Å²) in [7, 11) is 0. The molecule has 0 saturated heterocycles. The molecule has 0 amide bonds. The fourth-order valence-electron chi connectivity index (χ4n) is 1.09. The molecule has 1 rings (SSSR count). The Labute approximate surface area is 92.4 Å². The van der Waals surface area contributed by atoms with Crippen molar-refractivity contribution in [3.8, 4) is 5.88 Å². The summed E-state index contributed by atoms with van der Waals surface area (Å²) in [5.41, 5.74) is 8.72. The third-order valence-corrected chi connectivity index (χ3v) is 1.76. The van der Waals surface area contributed by atoms with Crippen LogP contribution in [0.2, 0.25) is 0 Å². The first kappa shape index (κ1) is 13.4. The number of nitrogens with zero attached hydrogens (tertiary/aromatic N) is 1. The van der Waals surface area contributed by atoms with E-state index in [4.69, 9.17) is 11.5 Å². The number of hydrogen-bond donors (Lipinski definition) is 2. The van der Waals surface area contributed by atoms with E-state index in [1.54, 1.807) is 0 Å². The lowest BCUT2D eigenvalue weighted by atomic mass is 10.2. The van der Waals surface area contributed by atoms with E-state index in [9.17, 15) is 22.0 Å². The Morgan fingerprint density at radius 1 is 1.35 bits per heavy atom. The molecule has 9 heteroatoms. The van der Waals surface area contributed by atoms with Crippen LogP contribution >= 0.6 is 0 Å².